The van der Waals surface area contributed by atoms with Gasteiger partial charge >= 0.3 is 13.7 Å². The molecule has 3 unspecified atom stereocenters. The van der Waals surface area contributed by atoms with Crippen molar-refractivity contribution in [2.24, 2.45) is 11.8 Å². The molecule has 0 saturated carbocycles. The van der Waals surface area contributed by atoms with Crippen LogP contribution in [0.25, 0.3) is 0 Å². The summed E-state index contributed by atoms with van der Waals surface area (Å²) in [4.78, 5) is 44.0. The van der Waals surface area contributed by atoms with Gasteiger partial charge in [0.25, 0.3) is 0 Å². The SMILES string of the molecule is CSc1ccc(OP(=O)(Oc2ccc(SC)cc2)C(NC(=O)C2CCCN2C(=O)C(CC(C)C)NC(=O)OC(C)(C)C)C(C)C)cc1. The molecule has 1 aliphatic rings. The van der Waals surface area contributed by atoms with Crippen LogP contribution in [0, 0.1) is 11.8 Å². The first-order valence-corrected chi connectivity index (χ1v) is 20.0. The fourth-order valence-electron chi connectivity index (χ4n) is 5.20. The molecular weight excluding hydrogens is 657 g/mol. The number of alkyl carbamates (subject to hydrolysis) is 1. The molecule has 1 saturated heterocycles. The van der Waals surface area contributed by atoms with Gasteiger partial charge in [0.15, 0.2) is 5.78 Å². The first-order chi connectivity index (χ1) is 22.0. The molecule has 0 aromatic heterocycles. The van der Waals surface area contributed by atoms with E-state index in [9.17, 15) is 18.9 Å². The number of carbonyl (C=O) groups excluding carboxylic acids is 3. The van der Waals surface area contributed by atoms with E-state index in [1.54, 1.807) is 68.6 Å². The number of benzene rings is 2. The molecule has 3 amide bonds. The van der Waals surface area contributed by atoms with Crippen molar-refractivity contribution in [3.63, 3.8) is 0 Å². The monoisotopic (exact) mass is 707 g/mol. The molecule has 260 valence electrons. The zero-order valence-corrected chi connectivity index (χ0v) is 31.4. The smallest absolute Gasteiger partial charge is 0.444 e. The van der Waals surface area contributed by atoms with Crippen molar-refractivity contribution in [1.29, 1.82) is 0 Å². The molecule has 0 aliphatic carbocycles. The molecular formula is C34H50N3O7PS2. The summed E-state index contributed by atoms with van der Waals surface area (Å²) < 4.78 is 32.5. The van der Waals surface area contributed by atoms with Crippen molar-refractivity contribution in [3.05, 3.63) is 48.5 Å². The molecule has 1 aliphatic heterocycles. The fourth-order valence-corrected chi connectivity index (χ4v) is 8.13. The Hall–Kier alpha value is -2.82. The van der Waals surface area contributed by atoms with Crippen LogP contribution in [0.15, 0.2) is 58.3 Å². The highest BCUT2D eigenvalue weighted by molar-refractivity contribution is 7.98. The lowest BCUT2D eigenvalue weighted by Crippen LogP contribution is -2.55. The molecule has 2 aromatic rings. The molecule has 10 nitrogen and oxygen atoms in total. The van der Waals surface area contributed by atoms with E-state index < -0.39 is 43.1 Å². The topological polar surface area (TPSA) is 123 Å². The Morgan fingerprint density at radius 1 is 0.894 bits per heavy atom. The van der Waals surface area contributed by atoms with Crippen molar-refractivity contribution < 1.29 is 32.7 Å². The van der Waals surface area contributed by atoms with Gasteiger partial charge in [0.1, 0.15) is 29.2 Å². The van der Waals surface area contributed by atoms with E-state index in [4.69, 9.17) is 13.8 Å². The van der Waals surface area contributed by atoms with Crippen molar-refractivity contribution in [1.82, 2.24) is 15.5 Å². The molecule has 2 N–H and O–H groups in total. The van der Waals surface area contributed by atoms with Crippen LogP contribution in [-0.2, 0) is 18.9 Å². The minimum absolute atomic E-state index is 0.0919. The van der Waals surface area contributed by atoms with Gasteiger partial charge < -0.3 is 29.3 Å². The number of rotatable bonds is 14. The quantitative estimate of drug-likeness (QED) is 0.150. The van der Waals surface area contributed by atoms with Crippen LogP contribution in [0.4, 0.5) is 4.79 Å². The van der Waals surface area contributed by atoms with Gasteiger partial charge in [-0.1, -0.05) is 27.7 Å². The Bertz CT molecular complexity index is 1340. The fraction of sp³-hybridized carbons (Fsp3) is 0.559. The predicted octanol–water partition coefficient (Wildman–Crippen LogP) is 7.81. The number of likely N-dealkylation sites (tertiary alicyclic amines) is 1. The summed E-state index contributed by atoms with van der Waals surface area (Å²) in [7, 11) is -4.11. The highest BCUT2D eigenvalue weighted by Crippen LogP contribution is 2.54. The van der Waals surface area contributed by atoms with Crippen molar-refractivity contribution in [2.75, 3.05) is 19.1 Å². The number of hydrogen-bond acceptors (Lipinski definition) is 9. The van der Waals surface area contributed by atoms with Crippen molar-refractivity contribution in [2.45, 2.75) is 101 Å². The summed E-state index contributed by atoms with van der Waals surface area (Å²) in [6, 6.07) is 12.7. The van der Waals surface area contributed by atoms with Gasteiger partial charge in [0, 0.05) is 16.3 Å². The van der Waals surface area contributed by atoms with E-state index in [0.29, 0.717) is 37.3 Å². The van der Waals surface area contributed by atoms with Crippen LogP contribution >= 0.6 is 31.1 Å². The maximum absolute atomic E-state index is 14.8. The van der Waals surface area contributed by atoms with Gasteiger partial charge in [0.05, 0.1) is 0 Å². The highest BCUT2D eigenvalue weighted by Gasteiger charge is 2.46. The molecule has 3 rings (SSSR count). The standard InChI is InChI=1S/C34H50N3O7PS2/c1-22(2)21-28(35-33(40)42-34(5,6)7)32(39)37-20-10-11-29(37)30(38)36-31(23(3)4)45(41,43-24-12-16-26(46-8)17-13-24)44-25-14-18-27(47-9)19-15-25/h12-19,22-23,28-29,31H,10-11,20-21H2,1-9H3,(H,35,40)(H,36,38). The van der Waals surface area contributed by atoms with Crippen molar-refractivity contribution >= 4 is 49.0 Å². The van der Waals surface area contributed by atoms with Gasteiger partial charge in [-0.05, 0) is 113 Å². The molecule has 0 spiro atoms. The number of carbonyl (C=O) groups is 3. The van der Waals surface area contributed by atoms with Crippen LogP contribution in [0.3, 0.4) is 0 Å². The zero-order chi connectivity index (χ0) is 34.9. The Morgan fingerprint density at radius 2 is 1.40 bits per heavy atom. The number of nitrogens with one attached hydrogen (secondary N) is 2. The van der Waals surface area contributed by atoms with E-state index in [1.165, 1.54) is 4.90 Å². The second kappa shape index (κ2) is 17.0. The Morgan fingerprint density at radius 3 is 1.83 bits per heavy atom. The Balaban J connectivity index is 1.89. The second-order valence-corrected chi connectivity index (χ2v) is 17.0. The van der Waals surface area contributed by atoms with E-state index in [-0.39, 0.29) is 17.7 Å². The van der Waals surface area contributed by atoms with E-state index in [0.717, 1.165) is 9.79 Å². The summed E-state index contributed by atoms with van der Waals surface area (Å²) in [5.74, 6) is -1.45. The molecule has 13 heteroatoms. The third-order valence-electron chi connectivity index (χ3n) is 7.38. The summed E-state index contributed by atoms with van der Waals surface area (Å²) in [6.45, 7) is 13.2. The number of hydrogen-bond donors (Lipinski definition) is 2. The number of ether oxygens (including phenoxy) is 1. The normalized spacial score (nSPS) is 16.5. The Labute approximate surface area is 288 Å². The second-order valence-electron chi connectivity index (χ2n) is 13.3. The molecule has 2 aromatic carbocycles. The summed E-state index contributed by atoms with van der Waals surface area (Å²) >= 11 is 3.14. The molecule has 1 fully saturated rings. The van der Waals surface area contributed by atoms with E-state index >= 15 is 0 Å². The predicted molar refractivity (Wildman–Crippen MR) is 189 cm³/mol. The lowest BCUT2D eigenvalue weighted by Gasteiger charge is -2.33. The average molecular weight is 708 g/mol. The molecule has 47 heavy (non-hydrogen) atoms. The lowest BCUT2D eigenvalue weighted by molar-refractivity contribution is -0.140. The highest BCUT2D eigenvalue weighted by atomic mass is 32.2. The average Bonchev–Trinajstić information content (AvgIpc) is 3.48. The van der Waals surface area contributed by atoms with Gasteiger partial charge in [0.2, 0.25) is 11.8 Å². The molecule has 1 heterocycles. The summed E-state index contributed by atoms with van der Waals surface area (Å²) in [6.07, 6.45) is 4.62. The zero-order valence-electron chi connectivity index (χ0n) is 28.9. The third kappa shape index (κ3) is 11.4. The third-order valence-corrected chi connectivity index (χ3v) is 11.2. The first-order valence-electron chi connectivity index (χ1n) is 15.9. The maximum Gasteiger partial charge on any atom is 0.453 e. The minimum atomic E-state index is -4.11. The van der Waals surface area contributed by atoms with Crippen LogP contribution in [-0.4, -0.2) is 65.3 Å². The number of thioether (sulfide) groups is 2. The van der Waals surface area contributed by atoms with Crippen LogP contribution in [0.2, 0.25) is 0 Å². The maximum atomic E-state index is 14.8. The number of nitrogens with zero attached hydrogens (tertiary/aromatic N) is 1. The molecule has 0 radical (unpaired) electrons. The molecule has 0 bridgehead atoms. The van der Waals surface area contributed by atoms with Gasteiger partial charge in [-0.3, -0.25) is 9.59 Å². The van der Waals surface area contributed by atoms with Crippen molar-refractivity contribution in [3.8, 4) is 11.5 Å². The van der Waals surface area contributed by atoms with Gasteiger partial charge in [-0.15, -0.1) is 23.5 Å². The minimum Gasteiger partial charge on any atom is -0.444 e. The number of amides is 3. The summed E-state index contributed by atoms with van der Waals surface area (Å²) in [5, 5.41) is 5.68. The van der Waals surface area contributed by atoms with E-state index in [1.807, 2.05) is 64.5 Å². The largest absolute Gasteiger partial charge is 0.453 e. The van der Waals surface area contributed by atoms with Gasteiger partial charge in [-0.2, -0.15) is 0 Å². The Kier molecular flexibility index (Phi) is 14.0. The van der Waals surface area contributed by atoms with E-state index in [2.05, 4.69) is 10.6 Å². The van der Waals surface area contributed by atoms with Crippen LogP contribution in [0.5, 0.6) is 11.5 Å². The van der Waals surface area contributed by atoms with Crippen LogP contribution in [0.1, 0.15) is 67.7 Å². The van der Waals surface area contributed by atoms with Gasteiger partial charge in [-0.25, -0.2) is 9.36 Å². The van der Waals surface area contributed by atoms with Crippen LogP contribution < -0.4 is 19.7 Å². The lowest BCUT2D eigenvalue weighted by atomic mass is 10.0. The molecule has 3 atom stereocenters. The summed E-state index contributed by atoms with van der Waals surface area (Å²) in [5.41, 5.74) is -0.733. The first kappa shape index (κ1) is 38.6.